The minimum absolute atomic E-state index is 0.117. The minimum Gasteiger partial charge on any atom is -0.470 e. The summed E-state index contributed by atoms with van der Waals surface area (Å²) in [5.41, 5.74) is 1.37. The number of amides is 1. The number of carbonyl (C=O) groups is 1. The second kappa shape index (κ2) is 7.38. The van der Waals surface area contributed by atoms with Crippen LogP contribution in [0.2, 0.25) is 0 Å². The van der Waals surface area contributed by atoms with E-state index in [1.165, 1.54) is 12.4 Å². The molecule has 0 saturated carbocycles. The van der Waals surface area contributed by atoms with E-state index in [1.54, 1.807) is 11.0 Å². The molecule has 27 heavy (non-hydrogen) atoms. The van der Waals surface area contributed by atoms with Crippen LogP contribution >= 0.6 is 0 Å². The molecule has 0 radical (unpaired) electrons. The van der Waals surface area contributed by atoms with E-state index in [-0.39, 0.29) is 23.6 Å². The lowest BCUT2D eigenvalue weighted by Crippen LogP contribution is -2.44. The van der Waals surface area contributed by atoms with Crippen molar-refractivity contribution < 1.29 is 9.53 Å². The van der Waals surface area contributed by atoms with Gasteiger partial charge < -0.3 is 9.64 Å². The molecule has 1 atom stereocenters. The molecule has 1 fully saturated rings. The van der Waals surface area contributed by atoms with E-state index in [0.29, 0.717) is 18.8 Å². The van der Waals surface area contributed by atoms with Gasteiger partial charge in [0.2, 0.25) is 5.69 Å². The first kappa shape index (κ1) is 16.9. The lowest BCUT2D eigenvalue weighted by Gasteiger charge is -2.32. The Bertz CT molecular complexity index is 1030. The van der Waals surface area contributed by atoms with Crippen molar-refractivity contribution in [2.24, 2.45) is 0 Å². The molecular formula is C20H17N5O2. The molecule has 7 nitrogen and oxygen atoms in total. The second-order valence-electron chi connectivity index (χ2n) is 6.34. The fourth-order valence-electron chi connectivity index (χ4n) is 3.21. The molecule has 1 unspecified atom stereocenters. The largest absolute Gasteiger partial charge is 0.470 e. The van der Waals surface area contributed by atoms with Crippen molar-refractivity contribution in [2.45, 2.75) is 18.9 Å². The number of hydrogen-bond acceptors (Lipinski definition) is 6. The van der Waals surface area contributed by atoms with Crippen molar-refractivity contribution in [1.29, 1.82) is 5.26 Å². The Morgan fingerprint density at radius 3 is 2.93 bits per heavy atom. The van der Waals surface area contributed by atoms with Gasteiger partial charge in [0.25, 0.3) is 11.8 Å². The Labute approximate surface area is 156 Å². The van der Waals surface area contributed by atoms with Gasteiger partial charge in [-0.3, -0.25) is 4.79 Å². The van der Waals surface area contributed by atoms with E-state index in [2.05, 4.69) is 15.0 Å². The van der Waals surface area contributed by atoms with Crippen LogP contribution in [-0.4, -0.2) is 45.0 Å². The Balaban J connectivity index is 1.50. The number of para-hydroxylation sites is 1. The number of nitrogens with zero attached hydrogens (tertiary/aromatic N) is 5. The van der Waals surface area contributed by atoms with Gasteiger partial charge in [-0.2, -0.15) is 5.26 Å². The fraction of sp³-hybridized carbons (Fsp3) is 0.250. The Morgan fingerprint density at radius 1 is 1.19 bits per heavy atom. The van der Waals surface area contributed by atoms with E-state index in [1.807, 2.05) is 36.4 Å². The smallest absolute Gasteiger partial charge is 0.272 e. The number of piperidine rings is 1. The van der Waals surface area contributed by atoms with Crippen LogP contribution in [0.5, 0.6) is 5.88 Å². The maximum absolute atomic E-state index is 12.9. The van der Waals surface area contributed by atoms with Gasteiger partial charge in [0, 0.05) is 24.3 Å². The van der Waals surface area contributed by atoms with Crippen LogP contribution in [0.15, 0.2) is 48.8 Å². The molecule has 1 aromatic carbocycles. The van der Waals surface area contributed by atoms with Gasteiger partial charge >= 0.3 is 0 Å². The summed E-state index contributed by atoms with van der Waals surface area (Å²) < 4.78 is 5.85. The summed E-state index contributed by atoms with van der Waals surface area (Å²) in [5, 5.41) is 10.1. The number of aromatic nitrogens is 3. The Morgan fingerprint density at radius 2 is 2.04 bits per heavy atom. The molecule has 1 amide bonds. The number of benzene rings is 1. The quantitative estimate of drug-likeness (QED) is 0.714. The number of nitriles is 1. The third-order valence-electron chi connectivity index (χ3n) is 4.53. The number of pyridine rings is 1. The van der Waals surface area contributed by atoms with Gasteiger partial charge in [0.05, 0.1) is 12.1 Å². The highest BCUT2D eigenvalue weighted by Gasteiger charge is 2.27. The number of rotatable bonds is 3. The Kier molecular flexibility index (Phi) is 4.62. The molecule has 1 aliphatic rings. The summed E-state index contributed by atoms with van der Waals surface area (Å²) in [4.78, 5) is 27.2. The Hall–Kier alpha value is -3.53. The van der Waals surface area contributed by atoms with Gasteiger partial charge in [-0.1, -0.05) is 24.3 Å². The first-order chi connectivity index (χ1) is 13.2. The maximum Gasteiger partial charge on any atom is 0.272 e. The summed E-state index contributed by atoms with van der Waals surface area (Å²) in [6, 6.07) is 13.3. The third kappa shape index (κ3) is 3.55. The van der Waals surface area contributed by atoms with Crippen molar-refractivity contribution in [3.05, 3.63) is 60.2 Å². The highest BCUT2D eigenvalue weighted by atomic mass is 16.5. The van der Waals surface area contributed by atoms with Gasteiger partial charge in [-0.15, -0.1) is 0 Å². The van der Waals surface area contributed by atoms with E-state index >= 15 is 0 Å². The molecule has 7 heteroatoms. The molecular weight excluding hydrogens is 342 g/mol. The number of likely N-dealkylation sites (tertiary alicyclic amines) is 1. The zero-order valence-corrected chi connectivity index (χ0v) is 14.6. The first-order valence-electron chi connectivity index (χ1n) is 8.77. The lowest BCUT2D eigenvalue weighted by atomic mass is 10.1. The molecule has 0 aliphatic carbocycles. The predicted octanol–water partition coefficient (Wildman–Crippen LogP) is 2.58. The van der Waals surface area contributed by atoms with Crippen LogP contribution in [0, 0.1) is 11.3 Å². The molecule has 3 heterocycles. The molecule has 134 valence electrons. The third-order valence-corrected chi connectivity index (χ3v) is 4.53. The fourth-order valence-corrected chi connectivity index (χ4v) is 3.21. The van der Waals surface area contributed by atoms with Crippen LogP contribution in [0.25, 0.3) is 10.9 Å². The van der Waals surface area contributed by atoms with Gasteiger partial charge in [-0.25, -0.2) is 15.0 Å². The van der Waals surface area contributed by atoms with Crippen molar-refractivity contribution in [3.8, 4) is 11.9 Å². The molecule has 0 bridgehead atoms. The number of carbonyl (C=O) groups excluding carboxylic acids is 1. The zero-order valence-electron chi connectivity index (χ0n) is 14.6. The molecule has 1 aliphatic heterocycles. The van der Waals surface area contributed by atoms with Crippen LogP contribution in [0.4, 0.5) is 0 Å². The van der Waals surface area contributed by atoms with E-state index < -0.39 is 0 Å². The van der Waals surface area contributed by atoms with Gasteiger partial charge in [0.1, 0.15) is 17.9 Å². The average molecular weight is 359 g/mol. The molecule has 4 rings (SSSR count). The van der Waals surface area contributed by atoms with E-state index in [4.69, 9.17) is 10.00 Å². The zero-order chi connectivity index (χ0) is 18.6. The summed E-state index contributed by atoms with van der Waals surface area (Å²) in [7, 11) is 0. The molecule has 0 N–H and O–H groups in total. The van der Waals surface area contributed by atoms with E-state index in [9.17, 15) is 4.79 Å². The second-order valence-corrected chi connectivity index (χ2v) is 6.34. The predicted molar refractivity (Wildman–Crippen MR) is 98.0 cm³/mol. The molecule has 1 saturated heterocycles. The number of hydrogen-bond donors (Lipinski definition) is 0. The standard InChI is InChI=1S/C20H17N5O2/c21-12-18-19(23-10-9-22-18)27-15-5-3-11-25(13-15)20(26)17-8-7-14-4-1-2-6-16(14)24-17/h1-2,4,6-10,15H,3,5,11,13H2. The van der Waals surface area contributed by atoms with E-state index in [0.717, 1.165) is 23.7 Å². The summed E-state index contributed by atoms with van der Waals surface area (Å²) in [6.07, 6.45) is 4.31. The monoisotopic (exact) mass is 359 g/mol. The van der Waals surface area contributed by atoms with Gasteiger partial charge in [0.15, 0.2) is 0 Å². The molecule has 2 aromatic heterocycles. The highest BCUT2D eigenvalue weighted by molar-refractivity contribution is 5.95. The summed E-state index contributed by atoms with van der Waals surface area (Å²) in [5.74, 6) is 0.0943. The summed E-state index contributed by atoms with van der Waals surface area (Å²) >= 11 is 0. The SMILES string of the molecule is N#Cc1nccnc1OC1CCCN(C(=O)c2ccc3ccccc3n2)C1. The number of fused-ring (bicyclic) bond motifs is 1. The first-order valence-corrected chi connectivity index (χ1v) is 8.77. The minimum atomic E-state index is -0.230. The van der Waals surface area contributed by atoms with Crippen molar-refractivity contribution >= 4 is 16.8 Å². The topological polar surface area (TPSA) is 92.0 Å². The highest BCUT2D eigenvalue weighted by Crippen LogP contribution is 2.20. The van der Waals surface area contributed by atoms with Crippen LogP contribution in [0.3, 0.4) is 0 Å². The van der Waals surface area contributed by atoms with Gasteiger partial charge in [-0.05, 0) is 25.0 Å². The molecule has 0 spiro atoms. The molecule has 3 aromatic rings. The van der Waals surface area contributed by atoms with Crippen LogP contribution in [0.1, 0.15) is 29.0 Å². The van der Waals surface area contributed by atoms with Crippen LogP contribution in [-0.2, 0) is 0 Å². The van der Waals surface area contributed by atoms with Crippen molar-refractivity contribution in [1.82, 2.24) is 19.9 Å². The van der Waals surface area contributed by atoms with Crippen molar-refractivity contribution in [2.75, 3.05) is 13.1 Å². The maximum atomic E-state index is 12.9. The average Bonchev–Trinajstić information content (AvgIpc) is 2.73. The normalized spacial score (nSPS) is 16.7. The van der Waals surface area contributed by atoms with Crippen molar-refractivity contribution in [3.63, 3.8) is 0 Å². The lowest BCUT2D eigenvalue weighted by molar-refractivity contribution is 0.0521. The number of ether oxygens (including phenoxy) is 1. The van der Waals surface area contributed by atoms with Crippen LogP contribution < -0.4 is 4.74 Å². The summed E-state index contributed by atoms with van der Waals surface area (Å²) in [6.45, 7) is 1.08.